The van der Waals surface area contributed by atoms with Crippen LogP contribution in [-0.2, 0) is 50.5 Å². The summed E-state index contributed by atoms with van der Waals surface area (Å²) in [5.41, 5.74) is 1.69. The van der Waals surface area contributed by atoms with Gasteiger partial charge in [-0.15, -0.1) is 0 Å². The van der Waals surface area contributed by atoms with Crippen LogP contribution >= 0.6 is 0 Å². The molecule has 8 atom stereocenters. The summed E-state index contributed by atoms with van der Waals surface area (Å²) in [5.74, 6) is 0.950. The van der Waals surface area contributed by atoms with E-state index in [1.54, 1.807) is 0 Å². The molecule has 4 fully saturated rings. The molecule has 10 heteroatoms. The fourth-order valence-electron chi connectivity index (χ4n) is 10.3. The first kappa shape index (κ1) is 48.0. The predicted octanol–water partition coefficient (Wildman–Crippen LogP) is 12.5. The van der Waals surface area contributed by atoms with Crippen LogP contribution in [0.25, 0.3) is 0 Å². The molecule has 4 bridgehead atoms. The van der Waals surface area contributed by atoms with Crippen LogP contribution in [0.1, 0.15) is 117 Å². The molecule has 344 valence electrons. The Morgan fingerprint density at radius 3 is 1.31 bits per heavy atom. The summed E-state index contributed by atoms with van der Waals surface area (Å²) in [6.07, 6.45) is 19.9. The van der Waals surface area contributed by atoms with Gasteiger partial charge in [0, 0.05) is 37.5 Å². The highest BCUT2D eigenvalue weighted by Crippen LogP contribution is 2.58. The Labute approximate surface area is 377 Å². The zero-order chi connectivity index (χ0) is 44.3. The highest BCUT2D eigenvalue weighted by atomic mass is 28.4. The largest absolute Gasteiger partial charge is 0.414 e. The van der Waals surface area contributed by atoms with Gasteiger partial charge in [0.25, 0.3) is 0 Å². The number of hydrogen-bond acceptors (Lipinski definition) is 8. The van der Waals surface area contributed by atoms with Crippen molar-refractivity contribution < 1.29 is 37.3 Å². The third kappa shape index (κ3) is 11.2. The normalized spacial score (nSPS) is 32.8. The summed E-state index contributed by atoms with van der Waals surface area (Å²) in [6, 6.07) is 20.5. The van der Waals surface area contributed by atoms with E-state index in [2.05, 4.69) is 116 Å². The standard InChI is InChI=1S/2C26H40O4Si/c2*1-24(2,3)31(4,5)29-19-25-15-22-13-9-10-14-26(22,30-25)17-23(16-25)28-20-27-18-21-11-7-6-8-12-21/h2*6-9,11-13,22-23H,10,14-20H2,1-5H3/t2*22-,23-,25+,26+/m10/s1. The summed E-state index contributed by atoms with van der Waals surface area (Å²) in [7, 11) is -3.68. The highest BCUT2D eigenvalue weighted by molar-refractivity contribution is 6.74. The summed E-state index contributed by atoms with van der Waals surface area (Å²) in [5, 5.41) is 0.394. The Kier molecular flexibility index (Phi) is 14.8. The molecule has 0 N–H and O–H groups in total. The molecule has 4 aliphatic heterocycles. The van der Waals surface area contributed by atoms with E-state index >= 15 is 0 Å². The topological polar surface area (TPSA) is 73.8 Å². The van der Waals surface area contributed by atoms with Gasteiger partial charge in [0.05, 0.1) is 61.0 Å². The number of benzene rings is 2. The van der Waals surface area contributed by atoms with Crippen LogP contribution in [0.3, 0.4) is 0 Å². The maximum Gasteiger partial charge on any atom is 0.192 e. The lowest BCUT2D eigenvalue weighted by Crippen LogP contribution is -2.53. The third-order valence-electron chi connectivity index (χ3n) is 15.9. The smallest absolute Gasteiger partial charge is 0.192 e. The van der Waals surface area contributed by atoms with Crippen LogP contribution in [0.5, 0.6) is 0 Å². The highest BCUT2D eigenvalue weighted by Gasteiger charge is 2.62. The SMILES string of the molecule is CC(C)(C)[Si](C)(C)OC[C@@]12C[C@@H](OCOCc3ccccc3)C[C@]3(CCC=C[C@@H]3C1)O2.CC(C)(C)[Si](C)(C)OC[C@]12C[C@H](OCOCc3ccccc3)C[C@@]3(CCC=C[C@H]3C1)O2. The molecule has 0 unspecified atom stereocenters. The van der Waals surface area contributed by atoms with E-state index in [0.29, 0.717) is 51.8 Å². The van der Waals surface area contributed by atoms with E-state index in [-0.39, 0.29) is 44.7 Å². The van der Waals surface area contributed by atoms with E-state index in [0.717, 1.165) is 64.2 Å². The van der Waals surface area contributed by atoms with Crippen LogP contribution in [0.2, 0.25) is 36.3 Å². The molecule has 6 aliphatic rings. The van der Waals surface area contributed by atoms with Crippen molar-refractivity contribution in [3.63, 3.8) is 0 Å². The average Bonchev–Trinajstić information content (AvgIpc) is 3.62. The summed E-state index contributed by atoms with van der Waals surface area (Å²) >= 11 is 0. The minimum absolute atomic E-state index is 0.0894. The van der Waals surface area contributed by atoms with Gasteiger partial charge in [-0.05, 0) is 85.9 Å². The number of fused-ring (bicyclic) bond motifs is 2. The summed E-state index contributed by atoms with van der Waals surface area (Å²) in [4.78, 5) is 0. The molecule has 0 amide bonds. The summed E-state index contributed by atoms with van der Waals surface area (Å²) in [6.45, 7) is 26.3. The minimum atomic E-state index is -1.84. The second-order valence-corrected chi connectivity index (χ2v) is 32.3. The van der Waals surface area contributed by atoms with E-state index in [4.69, 9.17) is 37.3 Å². The minimum Gasteiger partial charge on any atom is -0.414 e. The molecular weight excluding hydrogens is 809 g/mol. The Morgan fingerprint density at radius 2 is 0.935 bits per heavy atom. The van der Waals surface area contributed by atoms with Crippen molar-refractivity contribution in [1.82, 2.24) is 0 Å². The van der Waals surface area contributed by atoms with E-state index in [1.165, 1.54) is 11.1 Å². The van der Waals surface area contributed by atoms with Crippen LogP contribution in [-0.4, -0.2) is 78.0 Å². The van der Waals surface area contributed by atoms with E-state index in [9.17, 15) is 0 Å². The first-order chi connectivity index (χ1) is 29.3. The summed E-state index contributed by atoms with van der Waals surface area (Å²) < 4.78 is 51.5. The number of allylic oxidation sites excluding steroid dienone is 2. The van der Waals surface area contributed by atoms with Crippen molar-refractivity contribution in [3.05, 3.63) is 96.1 Å². The molecule has 4 saturated heterocycles. The Hall–Kier alpha value is -1.97. The van der Waals surface area contributed by atoms with Gasteiger partial charge in [-0.3, -0.25) is 0 Å². The van der Waals surface area contributed by atoms with Gasteiger partial charge in [-0.1, -0.05) is 127 Å². The van der Waals surface area contributed by atoms with E-state index in [1.807, 2.05) is 36.4 Å². The van der Waals surface area contributed by atoms with Crippen molar-refractivity contribution >= 4 is 16.6 Å². The fraction of sp³-hybridized carbons (Fsp3) is 0.692. The lowest BCUT2D eigenvalue weighted by molar-refractivity contribution is -0.217. The third-order valence-corrected chi connectivity index (χ3v) is 24.9. The molecule has 0 radical (unpaired) electrons. The van der Waals surface area contributed by atoms with Crippen molar-refractivity contribution in [3.8, 4) is 0 Å². The molecule has 2 aromatic rings. The Morgan fingerprint density at radius 1 is 0.548 bits per heavy atom. The second kappa shape index (κ2) is 19.1. The van der Waals surface area contributed by atoms with Crippen molar-refractivity contribution in [2.45, 2.75) is 190 Å². The first-order valence-electron chi connectivity index (χ1n) is 23.7. The molecule has 8 nitrogen and oxygen atoms in total. The Balaban J connectivity index is 0.000000186. The Bertz CT molecular complexity index is 1670. The van der Waals surface area contributed by atoms with Gasteiger partial charge < -0.3 is 37.3 Å². The van der Waals surface area contributed by atoms with Crippen LogP contribution in [0.4, 0.5) is 0 Å². The van der Waals surface area contributed by atoms with Gasteiger partial charge in [0.2, 0.25) is 0 Å². The molecule has 4 heterocycles. The maximum absolute atomic E-state index is 6.92. The lowest BCUT2D eigenvalue weighted by atomic mass is 9.77. The monoisotopic (exact) mass is 889 g/mol. The zero-order valence-corrected chi connectivity index (χ0v) is 42.0. The van der Waals surface area contributed by atoms with Gasteiger partial charge in [-0.25, -0.2) is 0 Å². The van der Waals surface area contributed by atoms with E-state index < -0.39 is 16.6 Å². The molecule has 2 spiro atoms. The molecule has 0 aromatic heterocycles. The molecule has 0 saturated carbocycles. The predicted molar refractivity (Wildman–Crippen MR) is 253 cm³/mol. The second-order valence-electron chi connectivity index (χ2n) is 22.7. The maximum atomic E-state index is 6.92. The van der Waals surface area contributed by atoms with Gasteiger partial charge in [0.15, 0.2) is 16.6 Å². The van der Waals surface area contributed by atoms with Crippen LogP contribution in [0, 0.1) is 11.8 Å². The first-order valence-corrected chi connectivity index (χ1v) is 29.6. The average molecular weight is 889 g/mol. The van der Waals surface area contributed by atoms with Crippen molar-refractivity contribution in [2.24, 2.45) is 11.8 Å². The van der Waals surface area contributed by atoms with Crippen molar-refractivity contribution in [1.29, 1.82) is 0 Å². The number of rotatable bonds is 16. The molecule has 62 heavy (non-hydrogen) atoms. The number of ether oxygens (including phenoxy) is 6. The van der Waals surface area contributed by atoms with Crippen molar-refractivity contribution in [2.75, 3.05) is 26.8 Å². The van der Waals surface area contributed by atoms with Gasteiger partial charge in [0.1, 0.15) is 13.6 Å². The molecule has 2 aromatic carbocycles. The van der Waals surface area contributed by atoms with Gasteiger partial charge in [-0.2, -0.15) is 0 Å². The van der Waals surface area contributed by atoms with Crippen LogP contribution < -0.4 is 0 Å². The lowest BCUT2D eigenvalue weighted by Gasteiger charge is -2.47. The number of hydrogen-bond donors (Lipinski definition) is 0. The molecule has 2 aliphatic carbocycles. The molecule has 8 rings (SSSR count). The quantitative estimate of drug-likeness (QED) is 0.0714. The van der Waals surface area contributed by atoms with Gasteiger partial charge >= 0.3 is 0 Å². The molecular formula is C52H80O8Si2. The van der Waals surface area contributed by atoms with Crippen LogP contribution in [0.15, 0.2) is 85.0 Å². The zero-order valence-electron chi connectivity index (χ0n) is 40.0. The fourth-order valence-corrected chi connectivity index (χ4v) is 12.4.